The minimum Gasteiger partial charge on any atom is -0.465 e. The fourth-order valence-corrected chi connectivity index (χ4v) is 2.50. The lowest BCUT2D eigenvalue weighted by Crippen LogP contribution is -2.05. The van der Waals surface area contributed by atoms with Gasteiger partial charge in [-0.3, -0.25) is 0 Å². The minimum absolute atomic E-state index is 0.309. The Labute approximate surface area is 164 Å². The molecule has 0 N–H and O–H groups in total. The molecule has 0 atom stereocenters. The van der Waals surface area contributed by atoms with Crippen LogP contribution in [0.2, 0.25) is 0 Å². The van der Waals surface area contributed by atoms with Gasteiger partial charge in [-0.2, -0.15) is 0 Å². The van der Waals surface area contributed by atoms with E-state index in [9.17, 15) is 4.39 Å². The van der Waals surface area contributed by atoms with Crippen LogP contribution in [0.3, 0.4) is 0 Å². The molecule has 0 aliphatic heterocycles. The van der Waals surface area contributed by atoms with Crippen molar-refractivity contribution < 1.29 is 13.9 Å². The van der Waals surface area contributed by atoms with Crippen molar-refractivity contribution >= 4 is 11.6 Å². The summed E-state index contributed by atoms with van der Waals surface area (Å²) >= 11 is 0. The Balaban J connectivity index is 1.84. The molecule has 28 heavy (non-hydrogen) atoms. The van der Waals surface area contributed by atoms with Crippen molar-refractivity contribution in [2.75, 3.05) is 0 Å². The van der Waals surface area contributed by atoms with E-state index in [-0.39, 0.29) is 5.82 Å². The van der Waals surface area contributed by atoms with Crippen LogP contribution in [-0.2, 0) is 0 Å². The van der Waals surface area contributed by atoms with Crippen LogP contribution in [0.15, 0.2) is 84.1 Å². The number of hydrogen-bond donors (Lipinski definition) is 0. The molecule has 0 aliphatic rings. The maximum atomic E-state index is 13.0. The molecule has 3 aromatic rings. The molecule has 0 aromatic heterocycles. The van der Waals surface area contributed by atoms with Crippen molar-refractivity contribution in [2.24, 2.45) is 4.99 Å². The Morgan fingerprint density at radius 1 is 0.857 bits per heavy atom. The van der Waals surface area contributed by atoms with Crippen LogP contribution in [0.4, 0.5) is 10.1 Å². The number of rotatable bonds is 5. The van der Waals surface area contributed by atoms with Gasteiger partial charge in [-0.15, -0.1) is 0 Å². The molecule has 0 saturated carbocycles. The molecule has 3 rings (SSSR count). The Hall–Kier alpha value is -3.40. The standard InChI is InChI=1S/C24H22FNO2/c1-17-5-4-6-23(15-17)28-24(26-21-10-7-18(2)19(3)16-21)13-14-27-22-11-8-20(25)9-12-22/h4-16H,1-3H3. The molecule has 4 heteroatoms. The normalized spacial score (nSPS) is 11.6. The van der Waals surface area contributed by atoms with Gasteiger partial charge in [-0.1, -0.05) is 18.2 Å². The van der Waals surface area contributed by atoms with E-state index in [1.54, 1.807) is 18.2 Å². The first kappa shape index (κ1) is 19.4. The van der Waals surface area contributed by atoms with Gasteiger partial charge in [0.15, 0.2) is 0 Å². The second-order valence-corrected chi connectivity index (χ2v) is 6.51. The third-order valence-electron chi connectivity index (χ3n) is 4.17. The molecule has 0 fully saturated rings. The Kier molecular flexibility index (Phi) is 6.22. The van der Waals surface area contributed by atoms with Crippen LogP contribution in [0.1, 0.15) is 16.7 Å². The third kappa shape index (κ3) is 5.55. The Morgan fingerprint density at radius 2 is 1.64 bits per heavy atom. The molecule has 0 aliphatic carbocycles. The smallest absolute Gasteiger partial charge is 0.222 e. The van der Waals surface area contributed by atoms with E-state index in [1.807, 2.05) is 56.3 Å². The highest BCUT2D eigenvalue weighted by Crippen LogP contribution is 2.20. The summed E-state index contributed by atoms with van der Waals surface area (Å²) in [7, 11) is 0. The molecular formula is C24H22FNO2. The van der Waals surface area contributed by atoms with Crippen LogP contribution < -0.4 is 9.47 Å². The van der Waals surface area contributed by atoms with E-state index in [0.717, 1.165) is 16.8 Å². The van der Waals surface area contributed by atoms with Crippen molar-refractivity contribution in [2.45, 2.75) is 20.8 Å². The van der Waals surface area contributed by atoms with E-state index >= 15 is 0 Å². The van der Waals surface area contributed by atoms with Gasteiger partial charge >= 0.3 is 0 Å². The summed E-state index contributed by atoms with van der Waals surface area (Å²) in [6.07, 6.45) is 3.11. The van der Waals surface area contributed by atoms with Crippen LogP contribution in [-0.4, -0.2) is 5.90 Å². The molecule has 0 heterocycles. The number of aryl methyl sites for hydroxylation is 3. The average Bonchev–Trinajstić information content (AvgIpc) is 2.66. The monoisotopic (exact) mass is 375 g/mol. The van der Waals surface area contributed by atoms with E-state index in [1.165, 1.54) is 24.0 Å². The molecule has 0 saturated heterocycles. The van der Waals surface area contributed by atoms with Gasteiger partial charge in [-0.05, 0) is 86.0 Å². The summed E-state index contributed by atoms with van der Waals surface area (Å²) < 4.78 is 24.5. The van der Waals surface area contributed by atoms with Crippen LogP contribution in [0.5, 0.6) is 11.5 Å². The van der Waals surface area contributed by atoms with Crippen LogP contribution in [0.25, 0.3) is 0 Å². The van der Waals surface area contributed by atoms with Crippen molar-refractivity contribution in [1.82, 2.24) is 0 Å². The highest BCUT2D eigenvalue weighted by atomic mass is 19.1. The third-order valence-corrected chi connectivity index (χ3v) is 4.17. The molecule has 0 bridgehead atoms. The van der Waals surface area contributed by atoms with Gasteiger partial charge in [0.25, 0.3) is 0 Å². The average molecular weight is 375 g/mol. The molecule has 142 valence electrons. The first-order valence-corrected chi connectivity index (χ1v) is 8.99. The predicted octanol–water partition coefficient (Wildman–Crippen LogP) is 6.45. The molecular weight excluding hydrogens is 353 g/mol. The second kappa shape index (κ2) is 9.00. The van der Waals surface area contributed by atoms with E-state index in [2.05, 4.69) is 11.9 Å². The van der Waals surface area contributed by atoms with Crippen LogP contribution in [0, 0.1) is 26.6 Å². The van der Waals surface area contributed by atoms with E-state index in [0.29, 0.717) is 17.4 Å². The molecule has 3 aromatic carbocycles. The predicted molar refractivity (Wildman–Crippen MR) is 111 cm³/mol. The number of hydrogen-bond acceptors (Lipinski definition) is 3. The van der Waals surface area contributed by atoms with E-state index < -0.39 is 0 Å². The lowest BCUT2D eigenvalue weighted by molar-refractivity contribution is 0.477. The summed E-state index contributed by atoms with van der Waals surface area (Å²) in [6.45, 7) is 6.10. The summed E-state index contributed by atoms with van der Waals surface area (Å²) in [4.78, 5) is 4.60. The molecule has 0 unspecified atom stereocenters. The van der Waals surface area contributed by atoms with Gasteiger partial charge in [0.05, 0.1) is 11.9 Å². The lowest BCUT2D eigenvalue weighted by atomic mass is 10.1. The van der Waals surface area contributed by atoms with Crippen molar-refractivity contribution in [3.63, 3.8) is 0 Å². The largest absolute Gasteiger partial charge is 0.465 e. The maximum absolute atomic E-state index is 13.0. The van der Waals surface area contributed by atoms with Crippen LogP contribution >= 0.6 is 0 Å². The van der Waals surface area contributed by atoms with Gasteiger partial charge < -0.3 is 9.47 Å². The maximum Gasteiger partial charge on any atom is 0.222 e. The summed E-state index contributed by atoms with van der Waals surface area (Å²) in [5.41, 5.74) is 4.24. The topological polar surface area (TPSA) is 30.8 Å². The molecule has 0 spiro atoms. The number of benzene rings is 3. The quantitative estimate of drug-likeness (QED) is 0.291. The van der Waals surface area contributed by atoms with Crippen molar-refractivity contribution in [3.8, 4) is 11.5 Å². The molecule has 0 radical (unpaired) electrons. The van der Waals surface area contributed by atoms with Crippen molar-refractivity contribution in [1.29, 1.82) is 0 Å². The molecule has 3 nitrogen and oxygen atoms in total. The zero-order chi connectivity index (χ0) is 19.9. The first-order valence-electron chi connectivity index (χ1n) is 8.99. The minimum atomic E-state index is -0.309. The van der Waals surface area contributed by atoms with Gasteiger partial charge in [0.1, 0.15) is 17.3 Å². The van der Waals surface area contributed by atoms with Gasteiger partial charge in [0, 0.05) is 6.08 Å². The highest BCUT2D eigenvalue weighted by molar-refractivity contribution is 5.91. The van der Waals surface area contributed by atoms with Gasteiger partial charge in [-0.25, -0.2) is 9.38 Å². The fourth-order valence-electron chi connectivity index (χ4n) is 2.50. The summed E-state index contributed by atoms with van der Waals surface area (Å²) in [6, 6.07) is 19.5. The zero-order valence-corrected chi connectivity index (χ0v) is 16.1. The Bertz CT molecular complexity index is 1010. The number of halogens is 1. The summed E-state index contributed by atoms with van der Waals surface area (Å²) in [5, 5.41) is 0. The number of nitrogens with zero attached hydrogens (tertiary/aromatic N) is 1. The zero-order valence-electron chi connectivity index (χ0n) is 16.1. The highest BCUT2D eigenvalue weighted by Gasteiger charge is 2.03. The SMILES string of the molecule is Cc1cccc(OC(C=COc2ccc(F)cc2)=Nc2ccc(C)c(C)c2)c1. The van der Waals surface area contributed by atoms with Crippen molar-refractivity contribution in [3.05, 3.63) is 102 Å². The van der Waals surface area contributed by atoms with Gasteiger partial charge in [0.2, 0.25) is 5.90 Å². The fraction of sp³-hybridized carbons (Fsp3) is 0.125. The number of ether oxygens (including phenoxy) is 2. The Morgan fingerprint density at radius 3 is 2.36 bits per heavy atom. The summed E-state index contributed by atoms with van der Waals surface area (Å²) in [5.74, 6) is 1.29. The van der Waals surface area contributed by atoms with E-state index in [4.69, 9.17) is 9.47 Å². The molecule has 0 amide bonds. The number of aliphatic imine (C=N–C) groups is 1. The first-order chi connectivity index (χ1) is 13.5. The lowest BCUT2D eigenvalue weighted by Gasteiger charge is -2.08. The second-order valence-electron chi connectivity index (χ2n) is 6.51.